The third kappa shape index (κ3) is 3.43. The molecule has 3 aromatic rings. The standard InChI is InChI=1S/C12H10ClN7O3/c13-8-3-1-2-7(4-8)5-9-15-18-19-20(9)6-14-11-10(12(21)22)16-23-17-11/h1-4H,5-6H2,(H,14,17)(H,21,22). The van der Waals surface area contributed by atoms with Gasteiger partial charge in [-0.15, -0.1) is 5.10 Å². The van der Waals surface area contributed by atoms with Crippen molar-refractivity contribution in [2.45, 2.75) is 13.1 Å². The molecule has 118 valence electrons. The SMILES string of the molecule is O=C(O)c1nonc1NCn1nnnc1Cc1cccc(Cl)c1. The number of hydrogen-bond acceptors (Lipinski definition) is 8. The summed E-state index contributed by atoms with van der Waals surface area (Å²) in [5.41, 5.74) is 0.636. The van der Waals surface area contributed by atoms with E-state index in [1.807, 2.05) is 18.2 Å². The summed E-state index contributed by atoms with van der Waals surface area (Å²) in [4.78, 5) is 10.9. The average Bonchev–Trinajstić information content (AvgIpc) is 3.14. The molecule has 0 radical (unpaired) electrons. The summed E-state index contributed by atoms with van der Waals surface area (Å²) in [6.45, 7) is 0.109. The third-order valence-electron chi connectivity index (χ3n) is 2.94. The number of carboxylic acid groups (broad SMARTS) is 1. The molecule has 0 bridgehead atoms. The number of tetrazole rings is 1. The molecule has 10 nitrogen and oxygen atoms in total. The van der Waals surface area contributed by atoms with Gasteiger partial charge in [-0.1, -0.05) is 23.7 Å². The van der Waals surface area contributed by atoms with E-state index in [0.717, 1.165) is 5.56 Å². The first-order chi connectivity index (χ1) is 11.1. The lowest BCUT2D eigenvalue weighted by Gasteiger charge is -2.06. The molecule has 0 unspecified atom stereocenters. The molecule has 0 amide bonds. The number of hydrogen-bond donors (Lipinski definition) is 2. The second-order valence-electron chi connectivity index (χ2n) is 4.50. The molecule has 1 aromatic carbocycles. The lowest BCUT2D eigenvalue weighted by atomic mass is 10.1. The van der Waals surface area contributed by atoms with E-state index < -0.39 is 5.97 Å². The van der Waals surface area contributed by atoms with Crippen LogP contribution in [0.15, 0.2) is 28.9 Å². The van der Waals surface area contributed by atoms with Gasteiger partial charge in [0.1, 0.15) is 6.67 Å². The van der Waals surface area contributed by atoms with Gasteiger partial charge in [0.2, 0.25) is 11.5 Å². The lowest BCUT2D eigenvalue weighted by molar-refractivity contribution is 0.0685. The van der Waals surface area contributed by atoms with E-state index in [4.69, 9.17) is 16.7 Å². The summed E-state index contributed by atoms with van der Waals surface area (Å²) in [5.74, 6) is -0.667. The number of carboxylic acids is 1. The van der Waals surface area contributed by atoms with Gasteiger partial charge in [0.25, 0.3) is 0 Å². The van der Waals surface area contributed by atoms with Crippen LogP contribution in [-0.4, -0.2) is 41.6 Å². The maximum atomic E-state index is 10.9. The Morgan fingerprint density at radius 1 is 1.39 bits per heavy atom. The lowest BCUT2D eigenvalue weighted by Crippen LogP contribution is -2.15. The fourth-order valence-electron chi connectivity index (χ4n) is 1.90. The maximum absolute atomic E-state index is 10.9. The quantitative estimate of drug-likeness (QED) is 0.678. The van der Waals surface area contributed by atoms with Crippen LogP contribution in [0.5, 0.6) is 0 Å². The van der Waals surface area contributed by atoms with Crippen LogP contribution in [0, 0.1) is 0 Å². The van der Waals surface area contributed by atoms with E-state index in [2.05, 4.69) is 35.8 Å². The number of anilines is 1. The Bertz CT molecular complexity index is 831. The second kappa shape index (κ2) is 6.40. The molecule has 0 saturated carbocycles. The van der Waals surface area contributed by atoms with Gasteiger partial charge in [-0.2, -0.15) is 0 Å². The van der Waals surface area contributed by atoms with Crippen LogP contribution in [-0.2, 0) is 13.1 Å². The van der Waals surface area contributed by atoms with Crippen LogP contribution < -0.4 is 5.32 Å². The number of halogens is 1. The van der Waals surface area contributed by atoms with Gasteiger partial charge in [0.15, 0.2) is 5.82 Å². The van der Waals surface area contributed by atoms with E-state index in [0.29, 0.717) is 17.3 Å². The van der Waals surface area contributed by atoms with Gasteiger partial charge in [0.05, 0.1) is 0 Å². The molecule has 0 aliphatic carbocycles. The largest absolute Gasteiger partial charge is 0.476 e. The van der Waals surface area contributed by atoms with Crippen molar-refractivity contribution in [3.63, 3.8) is 0 Å². The predicted molar refractivity (Wildman–Crippen MR) is 77.0 cm³/mol. The van der Waals surface area contributed by atoms with Gasteiger partial charge < -0.3 is 10.4 Å². The smallest absolute Gasteiger partial charge is 0.362 e. The summed E-state index contributed by atoms with van der Waals surface area (Å²) >= 11 is 5.95. The molecule has 11 heteroatoms. The summed E-state index contributed by atoms with van der Waals surface area (Å²) in [7, 11) is 0. The zero-order chi connectivity index (χ0) is 16.2. The molecule has 0 aliphatic rings. The van der Waals surface area contributed by atoms with E-state index >= 15 is 0 Å². The van der Waals surface area contributed by atoms with Crippen LogP contribution >= 0.6 is 11.6 Å². The Morgan fingerprint density at radius 3 is 3.04 bits per heavy atom. The molecule has 2 heterocycles. The monoisotopic (exact) mass is 335 g/mol. The van der Waals surface area contributed by atoms with Crippen LogP contribution in [0.2, 0.25) is 5.02 Å². The molecule has 0 aliphatic heterocycles. The van der Waals surface area contributed by atoms with Crippen LogP contribution in [0.4, 0.5) is 5.82 Å². The van der Waals surface area contributed by atoms with Crippen molar-refractivity contribution in [1.82, 2.24) is 30.5 Å². The first-order valence-corrected chi connectivity index (χ1v) is 6.80. The van der Waals surface area contributed by atoms with Crippen molar-refractivity contribution in [3.8, 4) is 0 Å². The Morgan fingerprint density at radius 2 is 2.26 bits per heavy atom. The Hall–Kier alpha value is -3.01. The topological polar surface area (TPSA) is 132 Å². The minimum absolute atomic E-state index is 0.00158. The minimum atomic E-state index is -1.25. The van der Waals surface area contributed by atoms with E-state index in [-0.39, 0.29) is 18.2 Å². The van der Waals surface area contributed by atoms with Crippen molar-refractivity contribution >= 4 is 23.4 Å². The van der Waals surface area contributed by atoms with Crippen molar-refractivity contribution in [2.75, 3.05) is 5.32 Å². The van der Waals surface area contributed by atoms with E-state index in [9.17, 15) is 4.79 Å². The highest BCUT2D eigenvalue weighted by molar-refractivity contribution is 6.30. The van der Waals surface area contributed by atoms with Gasteiger partial charge in [-0.3, -0.25) is 0 Å². The first-order valence-electron chi connectivity index (χ1n) is 6.42. The van der Waals surface area contributed by atoms with Crippen LogP contribution in [0.3, 0.4) is 0 Å². The fourth-order valence-corrected chi connectivity index (χ4v) is 2.11. The number of benzene rings is 1. The third-order valence-corrected chi connectivity index (χ3v) is 3.18. The molecule has 0 saturated heterocycles. The van der Waals surface area contributed by atoms with Gasteiger partial charge in [0, 0.05) is 11.4 Å². The molecule has 23 heavy (non-hydrogen) atoms. The summed E-state index contributed by atoms with van der Waals surface area (Å²) in [5, 5.41) is 30.5. The zero-order valence-electron chi connectivity index (χ0n) is 11.5. The van der Waals surface area contributed by atoms with Crippen molar-refractivity contribution < 1.29 is 14.5 Å². The highest BCUT2D eigenvalue weighted by Crippen LogP contribution is 2.14. The van der Waals surface area contributed by atoms with Crippen molar-refractivity contribution in [1.29, 1.82) is 0 Å². The predicted octanol–water partition coefficient (Wildman–Crippen LogP) is 1.07. The number of nitrogens with one attached hydrogen (secondary N) is 1. The minimum Gasteiger partial charge on any atom is -0.476 e. The average molecular weight is 336 g/mol. The zero-order valence-corrected chi connectivity index (χ0v) is 12.3. The maximum Gasteiger partial charge on any atom is 0.362 e. The Kier molecular flexibility index (Phi) is 4.15. The molecule has 0 atom stereocenters. The first kappa shape index (κ1) is 14.9. The number of carbonyl (C=O) groups is 1. The fraction of sp³-hybridized carbons (Fsp3) is 0.167. The van der Waals surface area contributed by atoms with E-state index in [1.165, 1.54) is 4.68 Å². The number of aromatic nitrogens is 6. The van der Waals surface area contributed by atoms with Crippen molar-refractivity contribution in [2.24, 2.45) is 0 Å². The Labute approximate surface area is 134 Å². The van der Waals surface area contributed by atoms with Gasteiger partial charge in [-0.25, -0.2) is 14.1 Å². The van der Waals surface area contributed by atoms with Gasteiger partial charge in [-0.05, 0) is 38.4 Å². The molecule has 0 fully saturated rings. The van der Waals surface area contributed by atoms with Crippen LogP contribution in [0.1, 0.15) is 21.9 Å². The summed E-state index contributed by atoms with van der Waals surface area (Å²) in [6, 6.07) is 7.34. The molecular weight excluding hydrogens is 326 g/mol. The summed E-state index contributed by atoms with van der Waals surface area (Å²) < 4.78 is 5.87. The molecule has 2 N–H and O–H groups in total. The highest BCUT2D eigenvalue weighted by Gasteiger charge is 2.17. The number of aromatic carboxylic acids is 1. The molecule has 3 rings (SSSR count). The van der Waals surface area contributed by atoms with Gasteiger partial charge >= 0.3 is 5.97 Å². The van der Waals surface area contributed by atoms with Crippen molar-refractivity contribution in [3.05, 3.63) is 46.4 Å². The normalized spacial score (nSPS) is 10.7. The number of rotatable bonds is 6. The van der Waals surface area contributed by atoms with Crippen LogP contribution in [0.25, 0.3) is 0 Å². The highest BCUT2D eigenvalue weighted by atomic mass is 35.5. The number of nitrogens with zero attached hydrogens (tertiary/aromatic N) is 6. The Balaban J connectivity index is 1.71. The second-order valence-corrected chi connectivity index (χ2v) is 4.94. The molecule has 0 spiro atoms. The summed E-state index contributed by atoms with van der Waals surface area (Å²) in [6.07, 6.45) is 0.470. The van der Waals surface area contributed by atoms with E-state index in [1.54, 1.807) is 6.07 Å². The molecular formula is C12H10ClN7O3. The molecule has 2 aromatic heterocycles.